The third kappa shape index (κ3) is 7.08. The molecule has 66 valence electrons. The van der Waals surface area contributed by atoms with Gasteiger partial charge in [-0.2, -0.15) is 0 Å². The lowest BCUT2D eigenvalue weighted by Crippen LogP contribution is -2.01. The van der Waals surface area contributed by atoms with Crippen LogP contribution in [0.1, 0.15) is 32.6 Å². The topological polar surface area (TPSA) is 37.3 Å². The van der Waals surface area contributed by atoms with Gasteiger partial charge < -0.3 is 5.11 Å². The smallest absolute Gasteiger partial charge is 0.133 e. The van der Waals surface area contributed by atoms with Crippen molar-refractivity contribution in [2.24, 2.45) is 0 Å². The van der Waals surface area contributed by atoms with E-state index in [0.717, 1.165) is 25.3 Å². The molecule has 0 saturated heterocycles. The van der Waals surface area contributed by atoms with Crippen molar-refractivity contribution in [2.45, 2.75) is 38.7 Å². The summed E-state index contributed by atoms with van der Waals surface area (Å²) in [5.74, 6) is 6.47. The van der Waals surface area contributed by atoms with Crippen molar-refractivity contribution >= 4 is 5.94 Å². The second-order valence-electron chi connectivity index (χ2n) is 2.56. The van der Waals surface area contributed by atoms with Crippen LogP contribution in [0.4, 0.5) is 0 Å². The first kappa shape index (κ1) is 11.0. The van der Waals surface area contributed by atoms with Crippen LogP contribution in [0, 0.1) is 11.8 Å². The molecular formula is C10H14O2. The minimum atomic E-state index is -0.596. The van der Waals surface area contributed by atoms with Crippen LogP contribution in [0.5, 0.6) is 0 Å². The number of hydrogen-bond donors (Lipinski definition) is 1. The molecule has 0 radical (unpaired) electrons. The van der Waals surface area contributed by atoms with Crippen molar-refractivity contribution in [3.63, 3.8) is 0 Å². The Labute approximate surface area is 73.3 Å². The van der Waals surface area contributed by atoms with Gasteiger partial charge in [0, 0.05) is 0 Å². The van der Waals surface area contributed by atoms with E-state index in [2.05, 4.69) is 18.8 Å². The summed E-state index contributed by atoms with van der Waals surface area (Å²) in [5.41, 5.74) is 0. The molecular weight excluding hydrogens is 152 g/mol. The third-order valence-electron chi connectivity index (χ3n) is 1.46. The first-order valence-electron chi connectivity index (χ1n) is 4.19. The van der Waals surface area contributed by atoms with Gasteiger partial charge in [0.25, 0.3) is 0 Å². The van der Waals surface area contributed by atoms with E-state index in [1.165, 1.54) is 5.94 Å². The van der Waals surface area contributed by atoms with Gasteiger partial charge in [0.15, 0.2) is 0 Å². The zero-order chi connectivity index (χ0) is 9.23. The molecule has 0 aliphatic carbocycles. The fourth-order valence-corrected chi connectivity index (χ4v) is 0.827. The molecule has 1 unspecified atom stereocenters. The maximum atomic E-state index is 9.68. The molecule has 0 aromatic heterocycles. The maximum Gasteiger partial charge on any atom is 0.133 e. The summed E-state index contributed by atoms with van der Waals surface area (Å²) in [5, 5.41) is 9.18. The number of hydrogen-bond acceptors (Lipinski definition) is 2. The number of aliphatic hydroxyl groups excluding tert-OH is 1. The normalized spacial score (nSPS) is 10.8. The summed E-state index contributed by atoms with van der Waals surface area (Å²) in [6, 6.07) is 0. The first-order chi connectivity index (χ1) is 5.81. The average Bonchev–Trinajstić information content (AvgIpc) is 2.06. The van der Waals surface area contributed by atoms with E-state index in [4.69, 9.17) is 0 Å². The van der Waals surface area contributed by atoms with E-state index in [-0.39, 0.29) is 0 Å². The molecule has 0 aliphatic heterocycles. The van der Waals surface area contributed by atoms with Crippen molar-refractivity contribution in [3.05, 3.63) is 6.08 Å². The minimum Gasteiger partial charge on any atom is -0.380 e. The Morgan fingerprint density at radius 3 is 2.83 bits per heavy atom. The van der Waals surface area contributed by atoms with Gasteiger partial charge in [-0.1, -0.05) is 31.6 Å². The molecule has 12 heavy (non-hydrogen) atoms. The zero-order valence-electron chi connectivity index (χ0n) is 7.34. The fraction of sp³-hybridized carbons (Fsp3) is 0.600. The van der Waals surface area contributed by atoms with Crippen molar-refractivity contribution in [1.29, 1.82) is 0 Å². The van der Waals surface area contributed by atoms with Crippen LogP contribution in [0.25, 0.3) is 0 Å². The fourth-order valence-electron chi connectivity index (χ4n) is 0.827. The number of carbonyl (C=O) groups excluding carboxylic acids is 1. The summed E-state index contributed by atoms with van der Waals surface area (Å²) in [7, 11) is 0. The minimum absolute atomic E-state index is 0.596. The molecule has 0 heterocycles. The molecule has 2 heteroatoms. The van der Waals surface area contributed by atoms with Gasteiger partial charge in [-0.05, 0) is 12.8 Å². The van der Waals surface area contributed by atoms with Gasteiger partial charge in [-0.3, -0.25) is 0 Å². The Bertz CT molecular complexity index is 204. The molecule has 2 nitrogen and oxygen atoms in total. The highest BCUT2D eigenvalue weighted by atomic mass is 16.3. The number of rotatable bonds is 4. The van der Waals surface area contributed by atoms with E-state index < -0.39 is 6.10 Å². The monoisotopic (exact) mass is 166 g/mol. The Hall–Kier alpha value is -1.03. The van der Waals surface area contributed by atoms with E-state index in [9.17, 15) is 9.90 Å². The zero-order valence-corrected chi connectivity index (χ0v) is 7.34. The Kier molecular flexibility index (Phi) is 7.38. The second kappa shape index (κ2) is 8.07. The van der Waals surface area contributed by atoms with Crippen LogP contribution in [-0.4, -0.2) is 17.2 Å². The summed E-state index contributed by atoms with van der Waals surface area (Å²) >= 11 is 0. The van der Waals surface area contributed by atoms with E-state index in [0.29, 0.717) is 6.42 Å². The van der Waals surface area contributed by atoms with Crippen LogP contribution < -0.4 is 0 Å². The molecule has 0 aromatic rings. The van der Waals surface area contributed by atoms with Crippen molar-refractivity contribution < 1.29 is 9.90 Å². The van der Waals surface area contributed by atoms with Crippen molar-refractivity contribution in [2.75, 3.05) is 0 Å². The quantitative estimate of drug-likeness (QED) is 0.388. The van der Waals surface area contributed by atoms with Gasteiger partial charge in [-0.25, -0.2) is 4.79 Å². The molecule has 0 aliphatic rings. The maximum absolute atomic E-state index is 9.68. The van der Waals surface area contributed by atoms with Crippen LogP contribution in [0.15, 0.2) is 6.08 Å². The predicted molar refractivity (Wildman–Crippen MR) is 48.2 cm³/mol. The standard InChI is InChI=1S/C10H14O2/c1-2-3-4-7-10(12)8-5-6-9-11/h6,10,12H,2-4,7H2,1H3. The van der Waals surface area contributed by atoms with Crippen LogP contribution in [0.3, 0.4) is 0 Å². The van der Waals surface area contributed by atoms with E-state index >= 15 is 0 Å². The van der Waals surface area contributed by atoms with Crippen LogP contribution in [-0.2, 0) is 4.79 Å². The van der Waals surface area contributed by atoms with Gasteiger partial charge >= 0.3 is 0 Å². The molecule has 1 atom stereocenters. The summed E-state index contributed by atoms with van der Waals surface area (Å²) in [6.45, 7) is 2.10. The van der Waals surface area contributed by atoms with E-state index in [1.54, 1.807) is 0 Å². The molecule has 0 bridgehead atoms. The number of aliphatic hydroxyl groups is 1. The molecule has 0 spiro atoms. The molecule has 0 aromatic carbocycles. The Morgan fingerprint density at radius 2 is 2.25 bits per heavy atom. The Morgan fingerprint density at radius 1 is 1.50 bits per heavy atom. The number of unbranched alkanes of at least 4 members (excludes halogenated alkanes) is 2. The highest BCUT2D eigenvalue weighted by Gasteiger charge is 1.96. The average molecular weight is 166 g/mol. The molecule has 0 saturated carbocycles. The lowest BCUT2D eigenvalue weighted by atomic mass is 10.1. The van der Waals surface area contributed by atoms with Crippen molar-refractivity contribution in [3.8, 4) is 11.8 Å². The highest BCUT2D eigenvalue weighted by Crippen LogP contribution is 2.01. The lowest BCUT2D eigenvalue weighted by Gasteiger charge is -2.00. The van der Waals surface area contributed by atoms with Gasteiger partial charge in [0.1, 0.15) is 12.0 Å². The largest absolute Gasteiger partial charge is 0.380 e. The lowest BCUT2D eigenvalue weighted by molar-refractivity contribution is 0.217. The second-order valence-corrected chi connectivity index (χ2v) is 2.56. The van der Waals surface area contributed by atoms with Crippen LogP contribution >= 0.6 is 0 Å². The molecule has 0 amide bonds. The van der Waals surface area contributed by atoms with E-state index in [1.807, 2.05) is 0 Å². The van der Waals surface area contributed by atoms with Crippen molar-refractivity contribution in [1.82, 2.24) is 0 Å². The van der Waals surface area contributed by atoms with Gasteiger partial charge in [-0.15, -0.1) is 0 Å². The van der Waals surface area contributed by atoms with Crippen LogP contribution in [0.2, 0.25) is 0 Å². The molecule has 0 rings (SSSR count). The predicted octanol–water partition coefficient (Wildman–Crippen LogP) is 1.32. The SMILES string of the molecule is CCCCCC(O)C#CC=C=O. The molecule has 1 N–H and O–H groups in total. The molecule has 0 fully saturated rings. The summed E-state index contributed by atoms with van der Waals surface area (Å²) in [4.78, 5) is 9.68. The third-order valence-corrected chi connectivity index (χ3v) is 1.46. The summed E-state index contributed by atoms with van der Waals surface area (Å²) in [6.07, 6.45) is 4.39. The summed E-state index contributed by atoms with van der Waals surface area (Å²) < 4.78 is 0. The number of allylic oxidation sites excluding steroid dienone is 1. The van der Waals surface area contributed by atoms with Gasteiger partial charge in [0.05, 0.1) is 6.08 Å². The van der Waals surface area contributed by atoms with Gasteiger partial charge in [0.2, 0.25) is 0 Å². The highest BCUT2D eigenvalue weighted by molar-refractivity contribution is 5.51. The Balaban J connectivity index is 3.53. The first-order valence-corrected chi connectivity index (χ1v) is 4.19.